The second kappa shape index (κ2) is 7.12. The average molecular weight is 298 g/mol. The van der Waals surface area contributed by atoms with E-state index in [9.17, 15) is 14.4 Å². The lowest BCUT2D eigenvalue weighted by atomic mass is 10.1. The number of hydrogen-bond acceptors (Lipinski definition) is 4. The lowest BCUT2D eigenvalue weighted by Gasteiger charge is -2.06. The number of Topliss-reactive ketones (excluding diaryl/α,β-unsaturated/α-hetero) is 1. The van der Waals surface area contributed by atoms with Crippen LogP contribution in [0, 0.1) is 0 Å². The number of anilines is 1. The molecule has 0 bridgehead atoms. The Morgan fingerprint density at radius 2 is 1.82 bits per heavy atom. The van der Waals surface area contributed by atoms with E-state index in [1.54, 1.807) is 42.6 Å². The maximum absolute atomic E-state index is 11.9. The van der Waals surface area contributed by atoms with Crippen LogP contribution in [-0.4, -0.2) is 27.8 Å². The normalized spacial score (nSPS) is 10.0. The average Bonchev–Trinajstić information content (AvgIpc) is 2.54. The van der Waals surface area contributed by atoms with Crippen molar-refractivity contribution in [3.8, 4) is 0 Å². The van der Waals surface area contributed by atoms with E-state index in [1.807, 2.05) is 0 Å². The van der Waals surface area contributed by atoms with E-state index in [4.69, 9.17) is 5.11 Å². The fourth-order valence-corrected chi connectivity index (χ4v) is 1.82. The Morgan fingerprint density at radius 1 is 1.09 bits per heavy atom. The highest BCUT2D eigenvalue weighted by Gasteiger charge is 2.11. The van der Waals surface area contributed by atoms with Crippen LogP contribution in [0.3, 0.4) is 0 Å². The van der Waals surface area contributed by atoms with Crippen LogP contribution < -0.4 is 5.32 Å². The van der Waals surface area contributed by atoms with Crippen molar-refractivity contribution in [2.24, 2.45) is 0 Å². The summed E-state index contributed by atoms with van der Waals surface area (Å²) in [6.45, 7) is 0. The third-order valence-electron chi connectivity index (χ3n) is 3.01. The lowest BCUT2D eigenvalue weighted by molar-refractivity contribution is -0.149. The van der Waals surface area contributed by atoms with Gasteiger partial charge < -0.3 is 10.4 Å². The van der Waals surface area contributed by atoms with Gasteiger partial charge in [-0.15, -0.1) is 0 Å². The van der Waals surface area contributed by atoms with E-state index in [0.717, 1.165) is 5.56 Å². The van der Waals surface area contributed by atoms with E-state index in [2.05, 4.69) is 10.3 Å². The Kier molecular flexibility index (Phi) is 4.98. The number of ketones is 1. The third-order valence-corrected chi connectivity index (χ3v) is 3.01. The molecular formula is C16H14N2O4. The standard InChI is InChI=1S/C16H14N2O4/c19-14(16(21)22)8-5-11-3-6-13(7-4-11)18-15(20)12-2-1-9-17-10-12/h1-4,6-7,9-10H,5,8H2,(H,18,20)(H,21,22). The summed E-state index contributed by atoms with van der Waals surface area (Å²) in [4.78, 5) is 37.3. The Hall–Kier alpha value is -3.02. The van der Waals surface area contributed by atoms with Gasteiger partial charge in [0.2, 0.25) is 5.78 Å². The van der Waals surface area contributed by atoms with Crippen molar-refractivity contribution in [3.05, 3.63) is 59.9 Å². The number of rotatable bonds is 6. The van der Waals surface area contributed by atoms with Crippen LogP contribution >= 0.6 is 0 Å². The van der Waals surface area contributed by atoms with Crippen molar-refractivity contribution in [1.82, 2.24) is 4.98 Å². The molecule has 0 aliphatic heterocycles. The molecule has 0 aliphatic carbocycles. The van der Waals surface area contributed by atoms with Crippen LogP contribution in [0.4, 0.5) is 5.69 Å². The molecule has 0 aliphatic rings. The van der Waals surface area contributed by atoms with Crippen molar-refractivity contribution in [2.75, 3.05) is 5.32 Å². The summed E-state index contributed by atoms with van der Waals surface area (Å²) in [5, 5.41) is 11.2. The highest BCUT2D eigenvalue weighted by molar-refractivity contribution is 6.32. The summed E-state index contributed by atoms with van der Waals surface area (Å²) >= 11 is 0. The van der Waals surface area contributed by atoms with E-state index < -0.39 is 11.8 Å². The molecule has 2 rings (SSSR count). The molecule has 0 fully saturated rings. The summed E-state index contributed by atoms with van der Waals surface area (Å²) in [6, 6.07) is 10.2. The first kappa shape index (κ1) is 15.4. The van der Waals surface area contributed by atoms with Gasteiger partial charge in [0.15, 0.2) is 0 Å². The van der Waals surface area contributed by atoms with E-state index in [-0.39, 0.29) is 12.3 Å². The SMILES string of the molecule is O=C(O)C(=O)CCc1ccc(NC(=O)c2cccnc2)cc1. The van der Waals surface area contributed by atoms with E-state index in [0.29, 0.717) is 17.7 Å². The predicted molar refractivity (Wildman–Crippen MR) is 79.6 cm³/mol. The summed E-state index contributed by atoms with van der Waals surface area (Å²) in [5.74, 6) is -2.49. The summed E-state index contributed by atoms with van der Waals surface area (Å²) in [7, 11) is 0. The number of aryl methyl sites for hydroxylation is 1. The molecule has 6 heteroatoms. The smallest absolute Gasteiger partial charge is 0.372 e. The fourth-order valence-electron chi connectivity index (χ4n) is 1.82. The molecule has 6 nitrogen and oxygen atoms in total. The molecule has 2 N–H and O–H groups in total. The van der Waals surface area contributed by atoms with Crippen LogP contribution in [0.15, 0.2) is 48.8 Å². The van der Waals surface area contributed by atoms with Gasteiger partial charge in [0.1, 0.15) is 0 Å². The van der Waals surface area contributed by atoms with Gasteiger partial charge in [-0.05, 0) is 36.2 Å². The molecule has 0 radical (unpaired) electrons. The van der Waals surface area contributed by atoms with Gasteiger partial charge in [0.05, 0.1) is 5.56 Å². The molecular weight excluding hydrogens is 284 g/mol. The number of carboxylic acids is 1. The molecule has 0 saturated carbocycles. The number of nitrogens with zero attached hydrogens (tertiary/aromatic N) is 1. The summed E-state index contributed by atoms with van der Waals surface area (Å²) < 4.78 is 0. The van der Waals surface area contributed by atoms with Crippen molar-refractivity contribution >= 4 is 23.3 Å². The number of carboxylic acid groups (broad SMARTS) is 1. The fraction of sp³-hybridized carbons (Fsp3) is 0.125. The Bertz CT molecular complexity index is 681. The maximum Gasteiger partial charge on any atom is 0.372 e. The number of carbonyl (C=O) groups excluding carboxylic acids is 2. The zero-order valence-electron chi connectivity index (χ0n) is 11.7. The van der Waals surface area contributed by atoms with Crippen LogP contribution in [0.1, 0.15) is 22.3 Å². The minimum Gasteiger partial charge on any atom is -0.476 e. The number of hydrogen-bond donors (Lipinski definition) is 2. The third kappa shape index (κ3) is 4.24. The second-order valence-electron chi connectivity index (χ2n) is 4.62. The number of amides is 1. The van der Waals surface area contributed by atoms with Crippen molar-refractivity contribution in [1.29, 1.82) is 0 Å². The number of nitrogens with one attached hydrogen (secondary N) is 1. The van der Waals surface area contributed by atoms with Gasteiger partial charge in [-0.1, -0.05) is 12.1 Å². The molecule has 0 saturated heterocycles. The molecule has 1 aromatic carbocycles. The minimum absolute atomic E-state index is 0.0449. The number of aromatic nitrogens is 1. The van der Waals surface area contributed by atoms with Crippen LogP contribution in [0.25, 0.3) is 0 Å². The summed E-state index contributed by atoms with van der Waals surface area (Å²) in [6.07, 6.45) is 3.36. The zero-order valence-corrected chi connectivity index (χ0v) is 11.7. The molecule has 0 atom stereocenters. The quantitative estimate of drug-likeness (QED) is 0.794. The van der Waals surface area contributed by atoms with Crippen molar-refractivity contribution in [3.63, 3.8) is 0 Å². The molecule has 0 spiro atoms. The van der Waals surface area contributed by atoms with Crippen molar-refractivity contribution in [2.45, 2.75) is 12.8 Å². The molecule has 112 valence electrons. The molecule has 0 unspecified atom stereocenters. The maximum atomic E-state index is 11.9. The first-order valence-electron chi connectivity index (χ1n) is 6.62. The van der Waals surface area contributed by atoms with Gasteiger partial charge in [0, 0.05) is 24.5 Å². The Morgan fingerprint density at radius 3 is 2.41 bits per heavy atom. The predicted octanol–water partition coefficient (Wildman–Crippen LogP) is 1.92. The molecule has 1 heterocycles. The van der Waals surface area contributed by atoms with Gasteiger partial charge in [-0.25, -0.2) is 4.79 Å². The number of carbonyl (C=O) groups is 3. The molecule has 1 aromatic heterocycles. The van der Waals surface area contributed by atoms with Crippen LogP contribution in [0.5, 0.6) is 0 Å². The van der Waals surface area contributed by atoms with E-state index >= 15 is 0 Å². The molecule has 1 amide bonds. The lowest BCUT2D eigenvalue weighted by Crippen LogP contribution is -2.13. The minimum atomic E-state index is -1.42. The zero-order chi connectivity index (χ0) is 15.9. The first-order valence-corrected chi connectivity index (χ1v) is 6.62. The molecule has 22 heavy (non-hydrogen) atoms. The van der Waals surface area contributed by atoms with Crippen LogP contribution in [-0.2, 0) is 16.0 Å². The second-order valence-corrected chi connectivity index (χ2v) is 4.62. The monoisotopic (exact) mass is 298 g/mol. The topological polar surface area (TPSA) is 96.4 Å². The number of benzene rings is 1. The van der Waals surface area contributed by atoms with Gasteiger partial charge in [-0.2, -0.15) is 0 Å². The van der Waals surface area contributed by atoms with Gasteiger partial charge in [-0.3, -0.25) is 14.6 Å². The van der Waals surface area contributed by atoms with Gasteiger partial charge >= 0.3 is 5.97 Å². The number of aliphatic carboxylic acids is 1. The first-order chi connectivity index (χ1) is 10.6. The Balaban J connectivity index is 1.93. The van der Waals surface area contributed by atoms with Gasteiger partial charge in [0.25, 0.3) is 5.91 Å². The Labute approximate surface area is 126 Å². The highest BCUT2D eigenvalue weighted by Crippen LogP contribution is 2.12. The van der Waals surface area contributed by atoms with Crippen molar-refractivity contribution < 1.29 is 19.5 Å². The highest BCUT2D eigenvalue weighted by atomic mass is 16.4. The van der Waals surface area contributed by atoms with E-state index in [1.165, 1.54) is 6.20 Å². The van der Waals surface area contributed by atoms with Crippen LogP contribution in [0.2, 0.25) is 0 Å². The summed E-state index contributed by atoms with van der Waals surface area (Å²) in [5.41, 5.74) is 1.90. The molecule has 2 aromatic rings. The number of pyridine rings is 1. The largest absolute Gasteiger partial charge is 0.476 e.